The molecule has 0 bridgehead atoms. The monoisotopic (exact) mass is 390 g/mol. The van der Waals surface area contributed by atoms with E-state index in [0.29, 0.717) is 24.4 Å². The molecule has 0 saturated carbocycles. The second-order valence-corrected chi connectivity index (χ2v) is 8.05. The lowest BCUT2D eigenvalue weighted by Crippen LogP contribution is -2.25. The Morgan fingerprint density at radius 2 is 1.89 bits per heavy atom. The molecule has 6 nitrogen and oxygen atoms in total. The fourth-order valence-electron chi connectivity index (χ4n) is 2.66. The molecule has 0 heterocycles. The van der Waals surface area contributed by atoms with Gasteiger partial charge in [-0.3, -0.25) is 9.52 Å². The molecule has 0 fully saturated rings. The molecule has 0 saturated heterocycles. The van der Waals surface area contributed by atoms with Crippen molar-refractivity contribution in [2.75, 3.05) is 24.1 Å². The normalized spacial score (nSPS) is 11.1. The van der Waals surface area contributed by atoms with E-state index in [4.69, 9.17) is 4.74 Å². The molecule has 2 aromatic rings. The van der Waals surface area contributed by atoms with Crippen molar-refractivity contribution in [1.82, 2.24) is 5.32 Å². The predicted octanol–water partition coefficient (Wildman–Crippen LogP) is 3.13. The van der Waals surface area contributed by atoms with E-state index in [-0.39, 0.29) is 5.91 Å². The van der Waals surface area contributed by atoms with Gasteiger partial charge < -0.3 is 10.1 Å². The lowest BCUT2D eigenvalue weighted by molar-refractivity contribution is 0.0953. The van der Waals surface area contributed by atoms with Gasteiger partial charge in [-0.2, -0.15) is 0 Å². The fourth-order valence-corrected chi connectivity index (χ4v) is 3.28. The third kappa shape index (κ3) is 6.60. The smallest absolute Gasteiger partial charge is 0.251 e. The van der Waals surface area contributed by atoms with Crippen LogP contribution in [0, 0.1) is 6.92 Å². The van der Waals surface area contributed by atoms with E-state index in [1.165, 1.54) is 0 Å². The van der Waals surface area contributed by atoms with Crippen LogP contribution in [0.3, 0.4) is 0 Å². The van der Waals surface area contributed by atoms with Gasteiger partial charge in [-0.25, -0.2) is 8.42 Å². The van der Waals surface area contributed by atoms with E-state index in [9.17, 15) is 13.2 Å². The Morgan fingerprint density at radius 3 is 2.59 bits per heavy atom. The molecule has 0 aromatic heterocycles. The second-order valence-electron chi connectivity index (χ2n) is 6.30. The molecule has 2 aromatic carbocycles. The van der Waals surface area contributed by atoms with Crippen LogP contribution in [-0.2, 0) is 16.4 Å². The number of hydrogen-bond acceptors (Lipinski definition) is 4. The van der Waals surface area contributed by atoms with Crippen molar-refractivity contribution >= 4 is 21.6 Å². The number of aryl methyl sites for hydroxylation is 2. The Kier molecular flexibility index (Phi) is 7.24. The Hall–Kier alpha value is -2.54. The summed E-state index contributed by atoms with van der Waals surface area (Å²) in [6, 6.07) is 12.8. The van der Waals surface area contributed by atoms with Gasteiger partial charge in [-0.15, -0.1) is 0 Å². The number of nitrogens with one attached hydrogen (secondary N) is 2. The number of rotatable bonds is 9. The van der Waals surface area contributed by atoms with Crippen molar-refractivity contribution in [3.05, 3.63) is 59.2 Å². The van der Waals surface area contributed by atoms with Crippen LogP contribution in [0.1, 0.15) is 34.8 Å². The lowest BCUT2D eigenvalue weighted by Gasteiger charge is -2.11. The standard InChI is InChI=1S/C20H26N2O4S/c1-4-26-19-10-6-5-8-16(19)9-7-13-21-20(23)17-12-11-15(2)18(14-17)22-27(3,24)25/h5-6,8,10-12,14,22H,4,7,9,13H2,1-3H3,(H,21,23). The first-order valence-corrected chi connectivity index (χ1v) is 10.8. The van der Waals surface area contributed by atoms with Gasteiger partial charge >= 0.3 is 0 Å². The number of amides is 1. The molecule has 0 radical (unpaired) electrons. The topological polar surface area (TPSA) is 84.5 Å². The van der Waals surface area contributed by atoms with Crippen molar-refractivity contribution in [3.63, 3.8) is 0 Å². The maximum absolute atomic E-state index is 12.3. The average Bonchev–Trinajstić information content (AvgIpc) is 2.61. The molecule has 27 heavy (non-hydrogen) atoms. The summed E-state index contributed by atoms with van der Waals surface area (Å²) in [4.78, 5) is 12.3. The zero-order valence-electron chi connectivity index (χ0n) is 15.9. The Balaban J connectivity index is 1.92. The van der Waals surface area contributed by atoms with Crippen LogP contribution in [0.25, 0.3) is 0 Å². The van der Waals surface area contributed by atoms with Gasteiger partial charge in [0.25, 0.3) is 5.91 Å². The van der Waals surface area contributed by atoms with Crippen molar-refractivity contribution in [1.29, 1.82) is 0 Å². The van der Waals surface area contributed by atoms with Crippen molar-refractivity contribution in [2.45, 2.75) is 26.7 Å². The number of benzene rings is 2. The molecule has 0 aliphatic heterocycles. The molecule has 0 unspecified atom stereocenters. The Morgan fingerprint density at radius 1 is 1.15 bits per heavy atom. The minimum absolute atomic E-state index is 0.232. The highest BCUT2D eigenvalue weighted by Gasteiger charge is 2.11. The molecule has 2 rings (SSSR count). The second kappa shape index (κ2) is 9.41. The van der Waals surface area contributed by atoms with E-state index in [1.807, 2.05) is 31.2 Å². The molecule has 7 heteroatoms. The summed E-state index contributed by atoms with van der Waals surface area (Å²) < 4.78 is 30.9. The summed E-state index contributed by atoms with van der Waals surface area (Å²) in [5.41, 5.74) is 2.70. The molecule has 0 aliphatic carbocycles. The number of hydrogen-bond donors (Lipinski definition) is 2. The zero-order valence-corrected chi connectivity index (χ0v) is 16.7. The maximum Gasteiger partial charge on any atom is 0.251 e. The highest BCUT2D eigenvalue weighted by atomic mass is 32.2. The van der Waals surface area contributed by atoms with Crippen molar-refractivity contribution < 1.29 is 17.9 Å². The van der Waals surface area contributed by atoms with Crippen molar-refractivity contribution in [3.8, 4) is 5.75 Å². The third-order valence-corrected chi connectivity index (χ3v) is 4.57. The van der Waals surface area contributed by atoms with Crippen molar-refractivity contribution in [2.24, 2.45) is 0 Å². The summed E-state index contributed by atoms with van der Waals surface area (Å²) in [5.74, 6) is 0.644. The van der Waals surface area contributed by atoms with Gasteiger partial charge in [0, 0.05) is 12.1 Å². The van der Waals surface area contributed by atoms with Gasteiger partial charge in [0.15, 0.2) is 0 Å². The van der Waals surface area contributed by atoms with Crippen LogP contribution < -0.4 is 14.8 Å². The molecule has 2 N–H and O–H groups in total. The van der Waals surface area contributed by atoms with E-state index in [0.717, 1.165) is 36.0 Å². The number of ether oxygens (including phenoxy) is 1. The number of carbonyl (C=O) groups is 1. The molecule has 0 spiro atoms. The molecular weight excluding hydrogens is 364 g/mol. The van der Waals surface area contributed by atoms with Gasteiger partial charge in [-0.1, -0.05) is 24.3 Å². The molecule has 1 amide bonds. The van der Waals surface area contributed by atoms with Gasteiger partial charge in [0.2, 0.25) is 10.0 Å². The quantitative estimate of drug-likeness (QED) is 0.644. The summed E-state index contributed by atoms with van der Waals surface area (Å²) >= 11 is 0. The van der Waals surface area contributed by atoms with Crippen LogP contribution in [0.4, 0.5) is 5.69 Å². The summed E-state index contributed by atoms with van der Waals surface area (Å²) in [7, 11) is -3.40. The number of carbonyl (C=O) groups excluding carboxylic acids is 1. The Bertz CT molecular complexity index is 895. The van der Waals surface area contributed by atoms with E-state index < -0.39 is 10.0 Å². The zero-order chi connectivity index (χ0) is 19.9. The number of anilines is 1. The fraction of sp³-hybridized carbons (Fsp3) is 0.350. The van der Waals surface area contributed by atoms with Crippen LogP contribution in [-0.4, -0.2) is 33.7 Å². The first kappa shape index (κ1) is 20.8. The number of sulfonamides is 1. The van der Waals surface area contributed by atoms with Crippen LogP contribution in [0.5, 0.6) is 5.75 Å². The minimum Gasteiger partial charge on any atom is -0.494 e. The number of para-hydroxylation sites is 1. The van der Waals surface area contributed by atoms with E-state index in [2.05, 4.69) is 10.0 Å². The Labute approximate surface area is 161 Å². The average molecular weight is 391 g/mol. The van der Waals surface area contributed by atoms with Gasteiger partial charge in [-0.05, 0) is 56.0 Å². The van der Waals surface area contributed by atoms with E-state index >= 15 is 0 Å². The minimum atomic E-state index is -3.40. The largest absolute Gasteiger partial charge is 0.494 e. The van der Waals surface area contributed by atoms with Gasteiger partial charge in [0.05, 0.1) is 18.6 Å². The maximum atomic E-state index is 12.3. The highest BCUT2D eigenvalue weighted by Crippen LogP contribution is 2.20. The van der Waals surface area contributed by atoms with Crippen LogP contribution in [0.2, 0.25) is 0 Å². The third-order valence-electron chi connectivity index (χ3n) is 3.98. The lowest BCUT2D eigenvalue weighted by atomic mass is 10.1. The van der Waals surface area contributed by atoms with Crippen LogP contribution in [0.15, 0.2) is 42.5 Å². The molecular formula is C20H26N2O4S. The highest BCUT2D eigenvalue weighted by molar-refractivity contribution is 7.92. The summed E-state index contributed by atoms with van der Waals surface area (Å²) in [6.07, 6.45) is 2.65. The molecule has 0 atom stereocenters. The van der Waals surface area contributed by atoms with Gasteiger partial charge in [0.1, 0.15) is 5.75 Å². The molecule has 0 aliphatic rings. The summed E-state index contributed by atoms with van der Waals surface area (Å²) in [5, 5.41) is 2.87. The SMILES string of the molecule is CCOc1ccccc1CCCNC(=O)c1ccc(C)c(NS(C)(=O)=O)c1. The van der Waals surface area contributed by atoms with Crippen LogP contribution >= 0.6 is 0 Å². The first-order chi connectivity index (χ1) is 12.8. The molecule has 146 valence electrons. The summed E-state index contributed by atoms with van der Waals surface area (Å²) in [6.45, 7) is 4.86. The van der Waals surface area contributed by atoms with E-state index in [1.54, 1.807) is 25.1 Å². The first-order valence-electron chi connectivity index (χ1n) is 8.87. The predicted molar refractivity (Wildman–Crippen MR) is 108 cm³/mol.